The minimum Gasteiger partial charge on any atom is -0.381 e. The topological polar surface area (TPSA) is 83.6 Å². The van der Waals surface area contributed by atoms with Gasteiger partial charge in [-0.1, -0.05) is 0 Å². The first-order valence-corrected chi connectivity index (χ1v) is 11.0. The molecule has 2 amide bonds. The van der Waals surface area contributed by atoms with Gasteiger partial charge in [0.05, 0.1) is 11.5 Å². The Hall–Kier alpha value is -1.99. The molecule has 0 radical (unpaired) electrons. The highest BCUT2D eigenvalue weighted by Crippen LogP contribution is 2.25. The van der Waals surface area contributed by atoms with Crippen LogP contribution in [0.5, 0.6) is 0 Å². The number of amides is 2. The van der Waals surface area contributed by atoms with Crippen LogP contribution in [0.25, 0.3) is 0 Å². The van der Waals surface area contributed by atoms with Crippen LogP contribution in [-0.4, -0.2) is 66.1 Å². The van der Waals surface area contributed by atoms with Crippen LogP contribution in [0.2, 0.25) is 0 Å². The van der Waals surface area contributed by atoms with E-state index in [2.05, 4.69) is 20.5 Å². The molecule has 158 valence electrons. The van der Waals surface area contributed by atoms with E-state index in [0.29, 0.717) is 17.6 Å². The van der Waals surface area contributed by atoms with Crippen molar-refractivity contribution in [3.8, 4) is 0 Å². The van der Waals surface area contributed by atoms with E-state index in [1.807, 2.05) is 0 Å². The number of hydrogen-bond donors (Lipinski definition) is 2. The standard InChI is InChI=1S/C22H32N4O3/c27-21(16-3-2-10-23-13-16)25-19-7-6-17(22(28)24-18-4-1-5-18)14-26(15-19)20-8-11-29-12-9-20/h2-3,10,13,17-20H,1,4-9,11-12,14-15H2,(H,24,28)(H,25,27)/t17-,19+/m1/s1. The number of nitrogens with zero attached hydrogens (tertiary/aromatic N) is 2. The zero-order valence-corrected chi connectivity index (χ0v) is 17.0. The van der Waals surface area contributed by atoms with Crippen LogP contribution < -0.4 is 10.6 Å². The number of nitrogens with one attached hydrogen (secondary N) is 2. The second-order valence-electron chi connectivity index (χ2n) is 8.62. The van der Waals surface area contributed by atoms with Gasteiger partial charge in [0, 0.05) is 56.8 Å². The molecule has 0 bridgehead atoms. The van der Waals surface area contributed by atoms with Crippen LogP contribution in [0, 0.1) is 5.92 Å². The van der Waals surface area contributed by atoms with Crippen molar-refractivity contribution in [3.63, 3.8) is 0 Å². The van der Waals surface area contributed by atoms with Crippen LogP contribution in [0.1, 0.15) is 55.3 Å². The van der Waals surface area contributed by atoms with Gasteiger partial charge >= 0.3 is 0 Å². The molecule has 3 aliphatic rings. The predicted molar refractivity (Wildman–Crippen MR) is 109 cm³/mol. The monoisotopic (exact) mass is 400 g/mol. The summed E-state index contributed by atoms with van der Waals surface area (Å²) in [6.07, 6.45) is 10.3. The molecular formula is C22H32N4O3. The van der Waals surface area contributed by atoms with Crippen molar-refractivity contribution in [1.29, 1.82) is 0 Å². The lowest BCUT2D eigenvalue weighted by Gasteiger charge is -2.36. The van der Waals surface area contributed by atoms with Crippen LogP contribution in [0.4, 0.5) is 0 Å². The SMILES string of the molecule is O=C(N[C@H]1CC[C@@H](C(=O)NC2CCC2)CN(C2CCOCC2)C1)c1cccnc1. The lowest BCUT2D eigenvalue weighted by Crippen LogP contribution is -2.50. The number of rotatable bonds is 5. The Morgan fingerprint density at radius 2 is 1.83 bits per heavy atom. The summed E-state index contributed by atoms with van der Waals surface area (Å²) in [5, 5.41) is 6.42. The van der Waals surface area contributed by atoms with Gasteiger partial charge in [-0.3, -0.25) is 19.5 Å². The highest BCUT2D eigenvalue weighted by atomic mass is 16.5. The van der Waals surface area contributed by atoms with Crippen LogP contribution >= 0.6 is 0 Å². The van der Waals surface area contributed by atoms with Crippen LogP contribution in [-0.2, 0) is 9.53 Å². The first-order chi connectivity index (χ1) is 14.2. The van der Waals surface area contributed by atoms with Gasteiger partial charge in [-0.15, -0.1) is 0 Å². The highest BCUT2D eigenvalue weighted by molar-refractivity contribution is 5.94. The molecule has 0 aromatic carbocycles. The second-order valence-corrected chi connectivity index (χ2v) is 8.62. The van der Waals surface area contributed by atoms with Gasteiger partial charge in [-0.2, -0.15) is 0 Å². The van der Waals surface area contributed by atoms with E-state index in [4.69, 9.17) is 4.74 Å². The van der Waals surface area contributed by atoms with Gasteiger partial charge in [0.15, 0.2) is 0 Å². The molecular weight excluding hydrogens is 368 g/mol. The third-order valence-corrected chi connectivity index (χ3v) is 6.56. The third kappa shape index (κ3) is 5.34. The summed E-state index contributed by atoms with van der Waals surface area (Å²) in [4.78, 5) is 32.0. The van der Waals surface area contributed by atoms with E-state index in [0.717, 1.165) is 64.8 Å². The lowest BCUT2D eigenvalue weighted by molar-refractivity contribution is -0.127. The van der Waals surface area contributed by atoms with E-state index in [1.165, 1.54) is 6.42 Å². The molecule has 3 fully saturated rings. The fraction of sp³-hybridized carbons (Fsp3) is 0.682. The van der Waals surface area contributed by atoms with Crippen LogP contribution in [0.3, 0.4) is 0 Å². The Labute approximate surface area is 172 Å². The quantitative estimate of drug-likeness (QED) is 0.787. The van der Waals surface area contributed by atoms with Gasteiger partial charge in [0.25, 0.3) is 5.91 Å². The Balaban J connectivity index is 1.42. The van der Waals surface area contributed by atoms with Crippen molar-refractivity contribution >= 4 is 11.8 Å². The molecule has 2 atom stereocenters. The average molecular weight is 401 g/mol. The molecule has 1 aliphatic carbocycles. The molecule has 0 spiro atoms. The third-order valence-electron chi connectivity index (χ3n) is 6.56. The minimum atomic E-state index is -0.0904. The van der Waals surface area contributed by atoms with Crippen molar-refractivity contribution in [3.05, 3.63) is 30.1 Å². The fourth-order valence-electron chi connectivity index (χ4n) is 4.54. The minimum absolute atomic E-state index is 0.0151. The number of likely N-dealkylation sites (tertiary alicyclic amines) is 1. The summed E-state index contributed by atoms with van der Waals surface area (Å²) in [5.41, 5.74) is 0.577. The smallest absolute Gasteiger partial charge is 0.253 e. The zero-order valence-electron chi connectivity index (χ0n) is 17.0. The Morgan fingerprint density at radius 1 is 1.00 bits per heavy atom. The molecule has 2 aliphatic heterocycles. The molecule has 0 unspecified atom stereocenters. The number of aromatic nitrogens is 1. The molecule has 1 aromatic rings. The Bertz CT molecular complexity index is 689. The van der Waals surface area contributed by atoms with Gasteiger partial charge in [0.1, 0.15) is 0 Å². The van der Waals surface area contributed by atoms with Crippen LogP contribution in [0.15, 0.2) is 24.5 Å². The van der Waals surface area contributed by atoms with E-state index in [1.54, 1.807) is 24.5 Å². The maximum absolute atomic E-state index is 12.9. The van der Waals surface area contributed by atoms with Crippen molar-refractivity contribution in [2.24, 2.45) is 5.92 Å². The summed E-state index contributed by atoms with van der Waals surface area (Å²) in [6, 6.07) is 4.37. The van der Waals surface area contributed by atoms with E-state index < -0.39 is 0 Å². The summed E-state index contributed by atoms with van der Waals surface area (Å²) in [7, 11) is 0. The van der Waals surface area contributed by atoms with Gasteiger partial charge in [-0.05, 0) is 57.1 Å². The maximum atomic E-state index is 12.9. The first-order valence-electron chi connectivity index (χ1n) is 11.0. The highest BCUT2D eigenvalue weighted by Gasteiger charge is 2.34. The summed E-state index contributed by atoms with van der Waals surface area (Å²) in [5.74, 6) is 0.0807. The van der Waals surface area contributed by atoms with Crippen molar-refractivity contribution < 1.29 is 14.3 Å². The predicted octanol–water partition coefficient (Wildman–Crippen LogP) is 1.74. The lowest BCUT2D eigenvalue weighted by atomic mass is 9.91. The van der Waals surface area contributed by atoms with E-state index >= 15 is 0 Å². The van der Waals surface area contributed by atoms with Crippen molar-refractivity contribution in [2.75, 3.05) is 26.3 Å². The number of ether oxygens (including phenoxy) is 1. The van der Waals surface area contributed by atoms with Gasteiger partial charge in [-0.25, -0.2) is 0 Å². The van der Waals surface area contributed by atoms with Crippen molar-refractivity contribution in [2.45, 2.75) is 63.1 Å². The molecule has 7 nitrogen and oxygen atoms in total. The number of hydrogen-bond acceptors (Lipinski definition) is 5. The number of carbonyl (C=O) groups is 2. The normalized spacial score (nSPS) is 26.9. The molecule has 3 heterocycles. The van der Waals surface area contributed by atoms with E-state index in [9.17, 15) is 9.59 Å². The molecule has 2 saturated heterocycles. The zero-order chi connectivity index (χ0) is 20.1. The largest absolute Gasteiger partial charge is 0.381 e. The Kier molecular flexibility index (Phi) is 6.77. The van der Waals surface area contributed by atoms with E-state index in [-0.39, 0.29) is 23.8 Å². The number of pyridine rings is 1. The van der Waals surface area contributed by atoms with Crippen molar-refractivity contribution in [1.82, 2.24) is 20.5 Å². The summed E-state index contributed by atoms with van der Waals surface area (Å²) >= 11 is 0. The van der Waals surface area contributed by atoms with Gasteiger partial charge in [0.2, 0.25) is 5.91 Å². The molecule has 2 N–H and O–H groups in total. The summed E-state index contributed by atoms with van der Waals surface area (Å²) < 4.78 is 5.54. The molecule has 1 aromatic heterocycles. The van der Waals surface area contributed by atoms with Gasteiger partial charge < -0.3 is 15.4 Å². The fourth-order valence-corrected chi connectivity index (χ4v) is 4.54. The second kappa shape index (κ2) is 9.67. The molecule has 7 heteroatoms. The number of carbonyl (C=O) groups excluding carboxylic acids is 2. The Morgan fingerprint density at radius 3 is 2.52 bits per heavy atom. The molecule has 1 saturated carbocycles. The molecule has 29 heavy (non-hydrogen) atoms. The maximum Gasteiger partial charge on any atom is 0.253 e. The summed E-state index contributed by atoms with van der Waals surface area (Å²) in [6.45, 7) is 3.09. The molecule has 4 rings (SSSR count). The average Bonchev–Trinajstić information content (AvgIpc) is 2.95. The first kappa shape index (κ1) is 20.3.